The Labute approximate surface area is 141 Å². The van der Waals surface area contributed by atoms with E-state index in [0.717, 1.165) is 37.1 Å². The molecular weight excluding hydrogens is 304 g/mol. The lowest BCUT2D eigenvalue weighted by atomic mass is 9.85. The number of hydrogen-bond donors (Lipinski definition) is 0. The Morgan fingerprint density at radius 3 is 2.79 bits per heavy atom. The predicted octanol–water partition coefficient (Wildman–Crippen LogP) is 1.70. The second-order valence-corrected chi connectivity index (χ2v) is 6.94. The van der Waals surface area contributed by atoms with Crippen molar-refractivity contribution in [2.24, 2.45) is 5.92 Å². The molecule has 2 aromatic heterocycles. The molecule has 2 aliphatic rings. The van der Waals surface area contributed by atoms with Crippen molar-refractivity contribution in [2.45, 2.75) is 38.9 Å². The van der Waals surface area contributed by atoms with Crippen LogP contribution in [0.4, 0.5) is 5.82 Å². The molecule has 1 fully saturated rings. The first-order valence-corrected chi connectivity index (χ1v) is 8.44. The maximum Gasteiger partial charge on any atom is 0.273 e. The highest BCUT2D eigenvalue weighted by atomic mass is 16.2. The van der Waals surface area contributed by atoms with Crippen molar-refractivity contribution in [3.05, 3.63) is 35.5 Å². The molecule has 0 unspecified atom stereocenters. The summed E-state index contributed by atoms with van der Waals surface area (Å²) in [4.78, 5) is 24.3. The highest BCUT2D eigenvalue weighted by Gasteiger charge is 2.26. The Kier molecular flexibility index (Phi) is 3.70. The summed E-state index contributed by atoms with van der Waals surface area (Å²) in [5, 5.41) is 4.73. The van der Waals surface area contributed by atoms with Gasteiger partial charge in [0.15, 0.2) is 0 Å². The average Bonchev–Trinajstić information content (AvgIpc) is 3.08. The topological polar surface area (TPSA) is 67.2 Å². The van der Waals surface area contributed by atoms with Gasteiger partial charge in [0.2, 0.25) is 0 Å². The highest BCUT2D eigenvalue weighted by Crippen LogP contribution is 2.30. The van der Waals surface area contributed by atoms with E-state index in [2.05, 4.69) is 25.7 Å². The fraction of sp³-hybridized carbons (Fsp3) is 0.529. The molecule has 126 valence electrons. The van der Waals surface area contributed by atoms with E-state index in [1.807, 2.05) is 0 Å². The van der Waals surface area contributed by atoms with Crippen LogP contribution in [0.25, 0.3) is 0 Å². The highest BCUT2D eigenvalue weighted by molar-refractivity contribution is 5.91. The van der Waals surface area contributed by atoms with Gasteiger partial charge in [-0.25, -0.2) is 4.98 Å². The van der Waals surface area contributed by atoms with Crippen LogP contribution in [-0.2, 0) is 19.6 Å². The van der Waals surface area contributed by atoms with Gasteiger partial charge >= 0.3 is 0 Å². The second kappa shape index (κ2) is 5.89. The number of amides is 1. The van der Waals surface area contributed by atoms with Crippen LogP contribution in [-0.4, -0.2) is 44.7 Å². The molecular formula is C17H22N6O. The monoisotopic (exact) mass is 326 g/mol. The zero-order valence-corrected chi connectivity index (χ0v) is 14.1. The summed E-state index contributed by atoms with van der Waals surface area (Å²) >= 11 is 0. The molecule has 1 saturated carbocycles. The smallest absolute Gasteiger partial charge is 0.273 e. The predicted molar refractivity (Wildman–Crippen MR) is 89.5 cm³/mol. The van der Waals surface area contributed by atoms with E-state index < -0.39 is 0 Å². The third kappa shape index (κ3) is 2.74. The molecule has 4 rings (SSSR count). The Morgan fingerprint density at radius 1 is 1.29 bits per heavy atom. The van der Waals surface area contributed by atoms with Crippen molar-refractivity contribution < 1.29 is 4.79 Å². The molecule has 1 amide bonds. The van der Waals surface area contributed by atoms with Gasteiger partial charge in [-0.05, 0) is 18.8 Å². The Bertz CT molecular complexity index is 741. The van der Waals surface area contributed by atoms with E-state index >= 15 is 0 Å². The number of anilines is 1. The lowest BCUT2D eigenvalue weighted by Gasteiger charge is -2.25. The SMILES string of the molecule is CN(C)C(=O)c1cncc(N2Cc3cn(CC4CCC4)nc3C2)n1. The number of carbonyl (C=O) groups excluding carboxylic acids is 1. The molecule has 0 atom stereocenters. The minimum Gasteiger partial charge on any atom is -0.345 e. The molecule has 3 heterocycles. The van der Waals surface area contributed by atoms with Crippen LogP contribution < -0.4 is 4.90 Å². The molecule has 7 heteroatoms. The molecule has 1 aliphatic heterocycles. The average molecular weight is 326 g/mol. The van der Waals surface area contributed by atoms with Gasteiger partial charge in [0.1, 0.15) is 11.5 Å². The van der Waals surface area contributed by atoms with E-state index in [9.17, 15) is 4.79 Å². The number of nitrogens with zero attached hydrogens (tertiary/aromatic N) is 6. The standard InChI is InChI=1S/C17H22N6O/c1-21(2)17(24)14-6-18-7-16(19-14)22-9-13-10-23(20-15(13)11-22)8-12-4-3-5-12/h6-7,10,12H,3-5,8-9,11H2,1-2H3. The fourth-order valence-electron chi connectivity index (χ4n) is 3.25. The van der Waals surface area contributed by atoms with Crippen molar-refractivity contribution >= 4 is 11.7 Å². The summed E-state index contributed by atoms with van der Waals surface area (Å²) in [5.41, 5.74) is 2.73. The van der Waals surface area contributed by atoms with Crippen molar-refractivity contribution in [1.29, 1.82) is 0 Å². The summed E-state index contributed by atoms with van der Waals surface area (Å²) in [7, 11) is 3.43. The Morgan fingerprint density at radius 2 is 2.12 bits per heavy atom. The maximum absolute atomic E-state index is 12.1. The van der Waals surface area contributed by atoms with Gasteiger partial charge in [0.25, 0.3) is 5.91 Å². The van der Waals surface area contributed by atoms with Crippen LogP contribution in [0.1, 0.15) is 41.0 Å². The summed E-state index contributed by atoms with van der Waals surface area (Å²) in [5.74, 6) is 1.40. The quantitative estimate of drug-likeness (QED) is 0.855. The number of aromatic nitrogens is 4. The molecule has 7 nitrogen and oxygen atoms in total. The van der Waals surface area contributed by atoms with Gasteiger partial charge in [0.05, 0.1) is 24.6 Å². The minimum atomic E-state index is -0.132. The van der Waals surface area contributed by atoms with Gasteiger partial charge in [-0.3, -0.25) is 14.5 Å². The summed E-state index contributed by atoms with van der Waals surface area (Å²) in [6.45, 7) is 2.54. The summed E-state index contributed by atoms with van der Waals surface area (Å²) < 4.78 is 2.10. The number of rotatable bonds is 4. The Hall–Kier alpha value is -2.44. The summed E-state index contributed by atoms with van der Waals surface area (Å²) in [6, 6.07) is 0. The van der Waals surface area contributed by atoms with Crippen LogP contribution in [0.2, 0.25) is 0 Å². The lowest BCUT2D eigenvalue weighted by molar-refractivity contribution is 0.0821. The third-order valence-corrected chi connectivity index (χ3v) is 4.87. The molecule has 0 N–H and O–H groups in total. The molecule has 0 spiro atoms. The second-order valence-electron chi connectivity index (χ2n) is 6.94. The van der Waals surface area contributed by atoms with E-state index in [1.54, 1.807) is 20.3 Å². The van der Waals surface area contributed by atoms with Crippen molar-refractivity contribution in [2.75, 3.05) is 19.0 Å². The number of hydrogen-bond acceptors (Lipinski definition) is 5. The van der Waals surface area contributed by atoms with Crippen LogP contribution in [0.3, 0.4) is 0 Å². The van der Waals surface area contributed by atoms with Crippen molar-refractivity contribution in [3.63, 3.8) is 0 Å². The number of fused-ring (bicyclic) bond motifs is 1. The van der Waals surface area contributed by atoms with E-state index in [1.165, 1.54) is 35.9 Å². The zero-order valence-electron chi connectivity index (χ0n) is 14.1. The molecule has 0 aromatic carbocycles. The van der Waals surface area contributed by atoms with Gasteiger partial charge in [-0.2, -0.15) is 5.10 Å². The first-order valence-electron chi connectivity index (χ1n) is 8.44. The third-order valence-electron chi connectivity index (χ3n) is 4.87. The minimum absolute atomic E-state index is 0.132. The first-order chi connectivity index (χ1) is 11.6. The van der Waals surface area contributed by atoms with Gasteiger partial charge in [0, 0.05) is 38.9 Å². The van der Waals surface area contributed by atoms with Crippen LogP contribution in [0.15, 0.2) is 18.6 Å². The van der Waals surface area contributed by atoms with Gasteiger partial charge < -0.3 is 9.80 Å². The van der Waals surface area contributed by atoms with Crippen LogP contribution in [0, 0.1) is 5.92 Å². The maximum atomic E-state index is 12.1. The van der Waals surface area contributed by atoms with Gasteiger partial charge in [-0.1, -0.05) is 6.42 Å². The lowest BCUT2D eigenvalue weighted by Crippen LogP contribution is -2.25. The van der Waals surface area contributed by atoms with Crippen LogP contribution in [0.5, 0.6) is 0 Å². The Balaban J connectivity index is 1.47. The van der Waals surface area contributed by atoms with Crippen molar-refractivity contribution in [3.8, 4) is 0 Å². The summed E-state index contributed by atoms with van der Waals surface area (Å²) in [6.07, 6.45) is 9.41. The van der Waals surface area contributed by atoms with Crippen LogP contribution >= 0.6 is 0 Å². The van der Waals surface area contributed by atoms with E-state index in [-0.39, 0.29) is 5.91 Å². The van der Waals surface area contributed by atoms with E-state index in [4.69, 9.17) is 5.10 Å². The molecule has 1 aliphatic carbocycles. The molecule has 0 saturated heterocycles. The molecule has 24 heavy (non-hydrogen) atoms. The normalized spacial score (nSPS) is 16.8. The fourth-order valence-corrected chi connectivity index (χ4v) is 3.25. The zero-order chi connectivity index (χ0) is 16.7. The molecule has 2 aromatic rings. The first kappa shape index (κ1) is 15.1. The molecule has 0 radical (unpaired) electrons. The van der Waals surface area contributed by atoms with Crippen molar-refractivity contribution in [1.82, 2.24) is 24.6 Å². The number of carbonyl (C=O) groups is 1. The van der Waals surface area contributed by atoms with E-state index in [0.29, 0.717) is 5.69 Å². The van der Waals surface area contributed by atoms with Gasteiger partial charge in [-0.15, -0.1) is 0 Å². The largest absolute Gasteiger partial charge is 0.345 e. The molecule has 0 bridgehead atoms.